The molecule has 1 rings (SSSR count). The molecule has 0 aliphatic rings. The first kappa shape index (κ1) is 28.6. The van der Waals surface area contributed by atoms with Crippen molar-refractivity contribution in [2.45, 2.75) is 83.5 Å². The quantitative estimate of drug-likeness (QED) is 0.133. The predicted molar refractivity (Wildman–Crippen MR) is 127 cm³/mol. The van der Waals surface area contributed by atoms with Crippen LogP contribution in [-0.2, 0) is 10.1 Å². The molecular weight excluding hydrogens is 450 g/mol. The third-order valence-electron chi connectivity index (χ3n) is 5.29. The number of hydrogen-bond acceptors (Lipinski definition) is 3. The summed E-state index contributed by atoms with van der Waals surface area (Å²) < 4.78 is 32.4. The highest BCUT2D eigenvalue weighted by Crippen LogP contribution is 2.13. The van der Waals surface area contributed by atoms with Crippen molar-refractivity contribution in [3.05, 3.63) is 29.8 Å². The molecule has 0 aromatic heterocycles. The maximum absolute atomic E-state index is 10.4. The monoisotopic (exact) mass is 491 g/mol. The molecule has 170 valence electrons. The number of hydrogen-bond donors (Lipinski definition) is 0. The topological polar surface area (TPSA) is 57.2 Å². The highest BCUT2D eigenvalue weighted by Gasteiger charge is 2.19. The van der Waals surface area contributed by atoms with Crippen LogP contribution in [0.15, 0.2) is 29.2 Å². The molecule has 0 radical (unpaired) electrons. The minimum Gasteiger partial charge on any atom is -0.744 e. The van der Waals surface area contributed by atoms with Crippen LogP contribution in [0.5, 0.6) is 0 Å². The lowest BCUT2D eigenvalue weighted by Gasteiger charge is -2.34. The summed E-state index contributed by atoms with van der Waals surface area (Å²) in [7, 11) is -1.82. The SMILES string of the molecule is CCCCCCCC[N+](C)(CCBr)CCCCC.Cc1ccc(S(=O)(=O)[O-])cc1. The minimum absolute atomic E-state index is 0.178. The lowest BCUT2D eigenvalue weighted by molar-refractivity contribution is -0.907. The van der Waals surface area contributed by atoms with Gasteiger partial charge in [0.25, 0.3) is 0 Å². The number of halogens is 1. The van der Waals surface area contributed by atoms with Crippen molar-refractivity contribution < 1.29 is 17.5 Å². The Labute approximate surface area is 188 Å². The smallest absolute Gasteiger partial charge is 0.124 e. The van der Waals surface area contributed by atoms with Crippen molar-refractivity contribution in [2.24, 2.45) is 0 Å². The van der Waals surface area contributed by atoms with Gasteiger partial charge in [0.05, 0.1) is 36.9 Å². The number of benzene rings is 1. The van der Waals surface area contributed by atoms with Crippen LogP contribution >= 0.6 is 15.9 Å². The third-order valence-corrected chi connectivity index (χ3v) is 6.49. The molecule has 0 saturated heterocycles. The van der Waals surface area contributed by atoms with E-state index in [1.807, 2.05) is 6.92 Å². The Kier molecular flexibility index (Phi) is 16.0. The first-order valence-electron chi connectivity index (χ1n) is 11.1. The second-order valence-electron chi connectivity index (χ2n) is 8.22. The number of alkyl halides is 1. The van der Waals surface area contributed by atoms with E-state index in [-0.39, 0.29) is 4.90 Å². The van der Waals surface area contributed by atoms with Gasteiger partial charge in [0.2, 0.25) is 0 Å². The van der Waals surface area contributed by atoms with Gasteiger partial charge in [-0.15, -0.1) is 0 Å². The van der Waals surface area contributed by atoms with Crippen molar-refractivity contribution in [3.63, 3.8) is 0 Å². The first-order chi connectivity index (χ1) is 13.7. The summed E-state index contributed by atoms with van der Waals surface area (Å²) in [5.41, 5.74) is 0.928. The van der Waals surface area contributed by atoms with E-state index in [4.69, 9.17) is 0 Å². The lowest BCUT2D eigenvalue weighted by atomic mass is 10.1. The number of aryl methyl sites for hydroxylation is 1. The molecule has 0 N–H and O–H groups in total. The summed E-state index contributed by atoms with van der Waals surface area (Å²) >= 11 is 3.62. The highest BCUT2D eigenvalue weighted by atomic mass is 79.9. The fraction of sp³-hybridized carbons (Fsp3) is 0.739. The predicted octanol–water partition coefficient (Wildman–Crippen LogP) is 6.28. The van der Waals surface area contributed by atoms with Crippen molar-refractivity contribution in [1.82, 2.24) is 0 Å². The molecule has 1 aromatic carbocycles. The average Bonchev–Trinajstić information content (AvgIpc) is 2.65. The van der Waals surface area contributed by atoms with Crippen LogP contribution in [0.4, 0.5) is 0 Å². The zero-order valence-corrected chi connectivity index (χ0v) is 21.4. The molecule has 0 heterocycles. The molecule has 0 spiro atoms. The van der Waals surface area contributed by atoms with Gasteiger partial charge in [-0.05, 0) is 44.7 Å². The molecule has 4 nitrogen and oxygen atoms in total. The summed E-state index contributed by atoms with van der Waals surface area (Å²) in [4.78, 5) is -0.178. The van der Waals surface area contributed by atoms with Gasteiger partial charge in [-0.1, -0.05) is 79.6 Å². The minimum atomic E-state index is -4.27. The van der Waals surface area contributed by atoms with Gasteiger partial charge in [0.15, 0.2) is 0 Å². The Hall–Kier alpha value is -0.430. The van der Waals surface area contributed by atoms with E-state index in [1.54, 1.807) is 12.1 Å². The Morgan fingerprint density at radius 3 is 1.76 bits per heavy atom. The van der Waals surface area contributed by atoms with Gasteiger partial charge < -0.3 is 9.04 Å². The standard InChI is InChI=1S/C16H35BrN.C7H8O3S/c1-4-6-8-9-10-12-15-18(3,16-13-17)14-11-7-5-2;1-6-2-4-7(5-3-6)11(8,9)10/h4-16H2,1-3H3;2-5H,1H3,(H,8,9,10)/q+1;/p-1. The summed E-state index contributed by atoms with van der Waals surface area (Å²) in [6.07, 6.45) is 12.6. The molecule has 1 atom stereocenters. The maximum atomic E-state index is 10.4. The summed E-state index contributed by atoms with van der Waals surface area (Å²) in [5, 5.41) is 1.14. The third kappa shape index (κ3) is 15.1. The van der Waals surface area contributed by atoms with Crippen LogP contribution in [0.25, 0.3) is 0 Å². The molecule has 6 heteroatoms. The van der Waals surface area contributed by atoms with Gasteiger partial charge in [-0.2, -0.15) is 0 Å². The summed E-state index contributed by atoms with van der Waals surface area (Å²) in [6, 6.07) is 5.78. The number of rotatable bonds is 14. The average molecular weight is 493 g/mol. The van der Waals surface area contributed by atoms with E-state index >= 15 is 0 Å². The van der Waals surface area contributed by atoms with E-state index in [0.29, 0.717) is 0 Å². The Morgan fingerprint density at radius 1 is 0.828 bits per heavy atom. The molecular formula is C23H42BrNO3S. The molecule has 0 aliphatic heterocycles. The number of nitrogens with zero attached hydrogens (tertiary/aromatic N) is 1. The maximum Gasteiger partial charge on any atom is 0.124 e. The van der Waals surface area contributed by atoms with E-state index < -0.39 is 10.1 Å². The van der Waals surface area contributed by atoms with E-state index in [9.17, 15) is 13.0 Å². The van der Waals surface area contributed by atoms with Crippen molar-refractivity contribution in [1.29, 1.82) is 0 Å². The van der Waals surface area contributed by atoms with Crippen molar-refractivity contribution >= 4 is 26.0 Å². The molecule has 0 bridgehead atoms. The van der Waals surface area contributed by atoms with E-state index in [0.717, 1.165) is 10.9 Å². The summed E-state index contributed by atoms with van der Waals surface area (Å²) in [6.45, 7) is 10.4. The Balaban J connectivity index is 0.000000604. The second kappa shape index (κ2) is 16.3. The lowest BCUT2D eigenvalue weighted by Crippen LogP contribution is -2.46. The van der Waals surface area contributed by atoms with E-state index in [2.05, 4.69) is 36.8 Å². The normalized spacial score (nSPS) is 13.4. The fourth-order valence-corrected chi connectivity index (χ4v) is 4.59. The molecule has 1 aromatic rings. The Bertz CT molecular complexity index is 620. The van der Waals surface area contributed by atoms with Crippen molar-refractivity contribution in [2.75, 3.05) is 32.0 Å². The van der Waals surface area contributed by atoms with Crippen LogP contribution in [0.3, 0.4) is 0 Å². The van der Waals surface area contributed by atoms with E-state index in [1.165, 1.54) is 94.0 Å². The molecule has 0 fully saturated rings. The number of unbranched alkanes of at least 4 members (excludes halogenated alkanes) is 7. The van der Waals surface area contributed by atoms with Gasteiger partial charge in [0.1, 0.15) is 10.1 Å². The largest absolute Gasteiger partial charge is 0.744 e. The zero-order valence-electron chi connectivity index (χ0n) is 19.0. The molecule has 0 aliphatic carbocycles. The van der Waals surface area contributed by atoms with Crippen molar-refractivity contribution in [3.8, 4) is 0 Å². The van der Waals surface area contributed by atoms with Crippen LogP contribution in [0.2, 0.25) is 0 Å². The molecule has 1 unspecified atom stereocenters. The van der Waals surface area contributed by atoms with Gasteiger partial charge in [0, 0.05) is 0 Å². The van der Waals surface area contributed by atoms with Crippen LogP contribution in [-0.4, -0.2) is 49.5 Å². The van der Waals surface area contributed by atoms with Crippen LogP contribution in [0, 0.1) is 6.92 Å². The first-order valence-corrected chi connectivity index (χ1v) is 13.6. The molecule has 0 amide bonds. The zero-order chi connectivity index (χ0) is 22.2. The van der Waals surface area contributed by atoms with Gasteiger partial charge in [-0.3, -0.25) is 0 Å². The molecule has 29 heavy (non-hydrogen) atoms. The van der Waals surface area contributed by atoms with Crippen LogP contribution in [0.1, 0.15) is 77.2 Å². The van der Waals surface area contributed by atoms with Gasteiger partial charge >= 0.3 is 0 Å². The Morgan fingerprint density at radius 2 is 1.28 bits per heavy atom. The highest BCUT2D eigenvalue weighted by molar-refractivity contribution is 9.09. The molecule has 0 saturated carbocycles. The number of quaternary nitrogens is 1. The fourth-order valence-electron chi connectivity index (χ4n) is 3.26. The van der Waals surface area contributed by atoms with Gasteiger partial charge in [-0.25, -0.2) is 8.42 Å². The van der Waals surface area contributed by atoms with Crippen LogP contribution < -0.4 is 0 Å². The summed E-state index contributed by atoms with van der Waals surface area (Å²) in [5.74, 6) is 0. The second-order valence-corrected chi connectivity index (χ2v) is 10.4.